The van der Waals surface area contributed by atoms with Crippen LogP contribution in [0.1, 0.15) is 42.8 Å². The van der Waals surface area contributed by atoms with Crippen molar-refractivity contribution in [1.82, 2.24) is 15.1 Å². The third-order valence-electron chi connectivity index (χ3n) is 3.26. The van der Waals surface area contributed by atoms with Gasteiger partial charge in [-0.1, -0.05) is 6.92 Å². The van der Waals surface area contributed by atoms with Gasteiger partial charge in [0.2, 0.25) is 0 Å². The van der Waals surface area contributed by atoms with Gasteiger partial charge in [0.05, 0.1) is 5.69 Å². The van der Waals surface area contributed by atoms with Gasteiger partial charge in [0, 0.05) is 23.8 Å². The maximum absolute atomic E-state index is 4.67. The number of aryl methyl sites for hydroxylation is 2. The van der Waals surface area contributed by atoms with Crippen molar-refractivity contribution in [2.75, 3.05) is 19.1 Å². The minimum absolute atomic E-state index is 0.435. The zero-order valence-corrected chi connectivity index (χ0v) is 12.5. The Bertz CT molecular complexity index is 343. The third-order valence-corrected chi connectivity index (χ3v) is 3.96. The van der Waals surface area contributed by atoms with Gasteiger partial charge in [-0.05, 0) is 45.7 Å². The van der Waals surface area contributed by atoms with Gasteiger partial charge < -0.3 is 5.32 Å². The molecule has 0 radical (unpaired) electrons. The Balaban J connectivity index is 2.85. The number of nitrogens with zero attached hydrogens (tertiary/aromatic N) is 2. The van der Waals surface area contributed by atoms with Crippen molar-refractivity contribution < 1.29 is 0 Å². The molecule has 17 heavy (non-hydrogen) atoms. The quantitative estimate of drug-likeness (QED) is 0.760. The summed E-state index contributed by atoms with van der Waals surface area (Å²) in [4.78, 5) is 0. The van der Waals surface area contributed by atoms with Crippen molar-refractivity contribution >= 4 is 11.8 Å². The van der Waals surface area contributed by atoms with Crippen LogP contribution in [0.25, 0.3) is 0 Å². The number of aromatic nitrogens is 2. The Morgan fingerprint density at radius 1 is 1.41 bits per heavy atom. The number of thioether (sulfide) groups is 1. The zero-order valence-electron chi connectivity index (χ0n) is 11.7. The van der Waals surface area contributed by atoms with E-state index in [1.165, 1.54) is 29.1 Å². The lowest BCUT2D eigenvalue weighted by Crippen LogP contribution is -2.17. The molecule has 0 aliphatic rings. The molecule has 0 saturated heterocycles. The second kappa shape index (κ2) is 7.07. The fourth-order valence-corrected chi connectivity index (χ4v) is 2.76. The van der Waals surface area contributed by atoms with Crippen LogP contribution in [0.3, 0.4) is 0 Å². The average molecular weight is 255 g/mol. The number of hydrogen-bond donors (Lipinski definition) is 1. The van der Waals surface area contributed by atoms with Gasteiger partial charge in [-0.3, -0.25) is 4.68 Å². The molecule has 98 valence electrons. The van der Waals surface area contributed by atoms with Crippen molar-refractivity contribution in [3.05, 3.63) is 17.0 Å². The molecule has 0 aromatic carbocycles. The lowest BCUT2D eigenvalue weighted by Gasteiger charge is -2.14. The molecule has 4 heteroatoms. The molecule has 3 nitrogen and oxygen atoms in total. The molecule has 0 amide bonds. The Morgan fingerprint density at radius 2 is 2.12 bits per heavy atom. The van der Waals surface area contributed by atoms with Crippen LogP contribution in [0.2, 0.25) is 0 Å². The Morgan fingerprint density at radius 3 is 2.65 bits per heavy atom. The van der Waals surface area contributed by atoms with Crippen LogP contribution in [0.5, 0.6) is 0 Å². The van der Waals surface area contributed by atoms with E-state index in [1.54, 1.807) is 0 Å². The van der Waals surface area contributed by atoms with Gasteiger partial charge in [0.15, 0.2) is 0 Å². The summed E-state index contributed by atoms with van der Waals surface area (Å²) in [6.07, 6.45) is 4.45. The summed E-state index contributed by atoms with van der Waals surface area (Å²) in [5.41, 5.74) is 3.89. The smallest absolute Gasteiger partial charge is 0.0644 e. The SMILES string of the molecule is CCC(NC)c1c(C)nn(CCCSC)c1C. The largest absolute Gasteiger partial charge is 0.313 e. The second-order valence-corrected chi connectivity index (χ2v) is 5.39. The predicted molar refractivity (Wildman–Crippen MR) is 76.8 cm³/mol. The fraction of sp³-hybridized carbons (Fsp3) is 0.769. The summed E-state index contributed by atoms with van der Waals surface area (Å²) in [7, 11) is 2.03. The Kier molecular flexibility index (Phi) is 6.06. The van der Waals surface area contributed by atoms with E-state index in [1.807, 2.05) is 18.8 Å². The van der Waals surface area contributed by atoms with E-state index in [0.29, 0.717) is 6.04 Å². The van der Waals surface area contributed by atoms with Crippen LogP contribution in [-0.2, 0) is 6.54 Å². The van der Waals surface area contributed by atoms with Crippen LogP contribution in [-0.4, -0.2) is 28.8 Å². The molecule has 1 unspecified atom stereocenters. The highest BCUT2D eigenvalue weighted by molar-refractivity contribution is 7.98. The average Bonchev–Trinajstić information content (AvgIpc) is 2.59. The Labute approximate surface area is 109 Å². The van der Waals surface area contributed by atoms with E-state index in [2.05, 4.69) is 42.1 Å². The second-order valence-electron chi connectivity index (χ2n) is 4.40. The predicted octanol–water partition coefficient (Wildman–Crippen LogP) is 2.92. The van der Waals surface area contributed by atoms with Gasteiger partial charge >= 0.3 is 0 Å². The molecule has 1 rings (SSSR count). The first-order valence-corrected chi connectivity index (χ1v) is 7.75. The topological polar surface area (TPSA) is 29.9 Å². The van der Waals surface area contributed by atoms with E-state index < -0.39 is 0 Å². The van der Waals surface area contributed by atoms with Crippen LogP contribution in [0, 0.1) is 13.8 Å². The molecular formula is C13H25N3S. The molecule has 0 bridgehead atoms. The maximum atomic E-state index is 4.67. The van der Waals surface area contributed by atoms with E-state index >= 15 is 0 Å². The minimum Gasteiger partial charge on any atom is -0.313 e. The van der Waals surface area contributed by atoms with Crippen LogP contribution >= 0.6 is 11.8 Å². The number of nitrogens with one attached hydrogen (secondary N) is 1. The summed E-state index contributed by atoms with van der Waals surface area (Å²) in [6, 6.07) is 0.435. The molecule has 1 heterocycles. The molecule has 0 aliphatic carbocycles. The summed E-state index contributed by atoms with van der Waals surface area (Å²) in [6.45, 7) is 7.56. The first-order valence-electron chi connectivity index (χ1n) is 6.35. The normalized spacial score (nSPS) is 13.0. The molecule has 0 spiro atoms. The maximum Gasteiger partial charge on any atom is 0.0644 e. The van der Waals surface area contributed by atoms with Gasteiger partial charge in [-0.25, -0.2) is 0 Å². The lowest BCUT2D eigenvalue weighted by atomic mass is 10.0. The van der Waals surface area contributed by atoms with Crippen molar-refractivity contribution in [1.29, 1.82) is 0 Å². The molecule has 0 fully saturated rings. The molecule has 1 atom stereocenters. The van der Waals surface area contributed by atoms with E-state index in [9.17, 15) is 0 Å². The van der Waals surface area contributed by atoms with E-state index in [0.717, 1.165) is 13.0 Å². The highest BCUT2D eigenvalue weighted by Gasteiger charge is 2.17. The van der Waals surface area contributed by atoms with Gasteiger partial charge in [-0.2, -0.15) is 16.9 Å². The van der Waals surface area contributed by atoms with E-state index in [-0.39, 0.29) is 0 Å². The minimum atomic E-state index is 0.435. The van der Waals surface area contributed by atoms with Crippen molar-refractivity contribution in [3.8, 4) is 0 Å². The monoisotopic (exact) mass is 255 g/mol. The highest BCUT2D eigenvalue weighted by Crippen LogP contribution is 2.23. The first-order chi connectivity index (χ1) is 8.15. The highest BCUT2D eigenvalue weighted by atomic mass is 32.2. The molecule has 0 saturated carbocycles. The fourth-order valence-electron chi connectivity index (χ4n) is 2.34. The molecular weight excluding hydrogens is 230 g/mol. The number of hydrogen-bond acceptors (Lipinski definition) is 3. The van der Waals surface area contributed by atoms with Gasteiger partial charge in [0.1, 0.15) is 0 Å². The molecule has 1 N–H and O–H groups in total. The van der Waals surface area contributed by atoms with Crippen LogP contribution < -0.4 is 5.32 Å². The molecule has 0 aliphatic heterocycles. The molecule has 1 aromatic heterocycles. The standard InChI is InChI=1S/C13H25N3S/c1-6-12(14-4)13-10(2)15-16(11(13)3)8-7-9-17-5/h12,14H,6-9H2,1-5H3. The van der Waals surface area contributed by atoms with Gasteiger partial charge in [0.25, 0.3) is 0 Å². The summed E-state index contributed by atoms with van der Waals surface area (Å²) in [5, 5.41) is 8.04. The van der Waals surface area contributed by atoms with Crippen LogP contribution in [0.15, 0.2) is 0 Å². The summed E-state index contributed by atoms with van der Waals surface area (Å²) >= 11 is 1.90. The van der Waals surface area contributed by atoms with Crippen molar-refractivity contribution in [2.45, 2.75) is 46.2 Å². The number of rotatable bonds is 7. The van der Waals surface area contributed by atoms with Crippen molar-refractivity contribution in [2.24, 2.45) is 0 Å². The van der Waals surface area contributed by atoms with Gasteiger partial charge in [-0.15, -0.1) is 0 Å². The first kappa shape index (κ1) is 14.6. The zero-order chi connectivity index (χ0) is 12.8. The van der Waals surface area contributed by atoms with E-state index in [4.69, 9.17) is 0 Å². The third kappa shape index (κ3) is 3.49. The van der Waals surface area contributed by atoms with Crippen molar-refractivity contribution in [3.63, 3.8) is 0 Å². The Hall–Kier alpha value is -0.480. The lowest BCUT2D eigenvalue weighted by molar-refractivity contribution is 0.560. The van der Waals surface area contributed by atoms with Crippen LogP contribution in [0.4, 0.5) is 0 Å². The summed E-state index contributed by atoms with van der Waals surface area (Å²) in [5.74, 6) is 1.21. The summed E-state index contributed by atoms with van der Waals surface area (Å²) < 4.78 is 2.17. The molecule has 1 aromatic rings.